The summed E-state index contributed by atoms with van der Waals surface area (Å²) >= 11 is 0. The molecule has 0 aliphatic heterocycles. The minimum Gasteiger partial charge on any atom is -0.390 e. The van der Waals surface area contributed by atoms with Gasteiger partial charge in [0.25, 0.3) is 0 Å². The number of aliphatic hydroxyl groups is 1. The highest BCUT2D eigenvalue weighted by Crippen LogP contribution is 2.19. The van der Waals surface area contributed by atoms with Crippen molar-refractivity contribution in [1.29, 1.82) is 0 Å². The summed E-state index contributed by atoms with van der Waals surface area (Å²) in [6.45, 7) is 10.7. The van der Waals surface area contributed by atoms with Gasteiger partial charge in [0.15, 0.2) is 0 Å². The average molecular weight is 188 g/mol. The molecule has 2 heteroatoms. The van der Waals surface area contributed by atoms with Crippen molar-refractivity contribution in [2.75, 3.05) is 6.61 Å². The predicted molar refractivity (Wildman–Crippen MR) is 55.8 cm³/mol. The van der Waals surface area contributed by atoms with Crippen molar-refractivity contribution in [2.24, 2.45) is 5.41 Å². The number of aliphatic hydroxyl groups excluding tert-OH is 1. The highest BCUT2D eigenvalue weighted by atomic mass is 16.5. The molecule has 0 saturated carbocycles. The fourth-order valence-corrected chi connectivity index (χ4v) is 0.995. The second-order valence-corrected chi connectivity index (χ2v) is 4.81. The van der Waals surface area contributed by atoms with Crippen molar-refractivity contribution in [2.45, 2.75) is 59.7 Å². The van der Waals surface area contributed by atoms with Gasteiger partial charge in [-0.3, -0.25) is 0 Å². The van der Waals surface area contributed by atoms with Gasteiger partial charge in [0.2, 0.25) is 0 Å². The zero-order chi connectivity index (χ0) is 10.5. The van der Waals surface area contributed by atoms with E-state index in [4.69, 9.17) is 4.74 Å². The highest BCUT2D eigenvalue weighted by Gasteiger charge is 2.22. The van der Waals surface area contributed by atoms with E-state index in [1.54, 1.807) is 0 Å². The maximum Gasteiger partial charge on any atom is 0.0821 e. The third-order valence-corrected chi connectivity index (χ3v) is 2.23. The van der Waals surface area contributed by atoms with Crippen LogP contribution in [0, 0.1) is 5.41 Å². The van der Waals surface area contributed by atoms with Crippen molar-refractivity contribution >= 4 is 0 Å². The lowest BCUT2D eigenvalue weighted by Crippen LogP contribution is -2.32. The van der Waals surface area contributed by atoms with Gasteiger partial charge in [0.1, 0.15) is 0 Å². The van der Waals surface area contributed by atoms with E-state index >= 15 is 0 Å². The molecule has 0 rings (SSSR count). The normalized spacial score (nSPS) is 17.1. The summed E-state index contributed by atoms with van der Waals surface area (Å²) < 4.78 is 5.52. The Hall–Kier alpha value is -0.0800. The number of hydrogen-bond donors (Lipinski definition) is 1. The SMILES string of the molecule is CCCC(C)OCC(O)C(C)(C)C. The first-order chi connectivity index (χ1) is 5.88. The van der Waals surface area contributed by atoms with Crippen LogP contribution in [0.3, 0.4) is 0 Å². The van der Waals surface area contributed by atoms with Crippen molar-refractivity contribution in [3.8, 4) is 0 Å². The molecule has 0 saturated heterocycles. The van der Waals surface area contributed by atoms with Gasteiger partial charge in [-0.25, -0.2) is 0 Å². The lowest BCUT2D eigenvalue weighted by Gasteiger charge is -2.26. The molecule has 0 bridgehead atoms. The van der Waals surface area contributed by atoms with Crippen LogP contribution in [-0.2, 0) is 4.74 Å². The van der Waals surface area contributed by atoms with Crippen LogP contribution in [0.5, 0.6) is 0 Å². The van der Waals surface area contributed by atoms with Crippen LogP contribution < -0.4 is 0 Å². The van der Waals surface area contributed by atoms with E-state index < -0.39 is 0 Å². The Labute approximate surface area is 82.3 Å². The maximum absolute atomic E-state index is 9.68. The third kappa shape index (κ3) is 6.05. The van der Waals surface area contributed by atoms with Crippen molar-refractivity contribution < 1.29 is 9.84 Å². The van der Waals surface area contributed by atoms with Gasteiger partial charge in [0, 0.05) is 0 Å². The van der Waals surface area contributed by atoms with Gasteiger partial charge in [-0.05, 0) is 18.8 Å². The van der Waals surface area contributed by atoms with Gasteiger partial charge >= 0.3 is 0 Å². The summed E-state index contributed by atoms with van der Waals surface area (Å²) in [5.41, 5.74) is -0.0774. The Morgan fingerprint density at radius 2 is 1.85 bits per heavy atom. The molecule has 0 aromatic carbocycles. The van der Waals surface area contributed by atoms with Crippen LogP contribution in [0.2, 0.25) is 0 Å². The molecule has 0 spiro atoms. The third-order valence-electron chi connectivity index (χ3n) is 2.23. The summed E-state index contributed by atoms with van der Waals surface area (Å²) in [6.07, 6.45) is 2.10. The molecule has 0 aliphatic carbocycles. The fraction of sp³-hybridized carbons (Fsp3) is 1.00. The topological polar surface area (TPSA) is 29.5 Å². The minimum atomic E-state index is -0.369. The number of hydrogen-bond acceptors (Lipinski definition) is 2. The first-order valence-corrected chi connectivity index (χ1v) is 5.17. The first-order valence-electron chi connectivity index (χ1n) is 5.17. The Balaban J connectivity index is 3.63. The molecule has 2 unspecified atom stereocenters. The molecule has 2 atom stereocenters. The summed E-state index contributed by atoms with van der Waals surface area (Å²) in [6, 6.07) is 0. The van der Waals surface area contributed by atoms with Crippen molar-refractivity contribution in [3.05, 3.63) is 0 Å². The van der Waals surface area contributed by atoms with E-state index in [9.17, 15) is 5.11 Å². The zero-order valence-corrected chi connectivity index (χ0v) is 9.63. The quantitative estimate of drug-likeness (QED) is 0.718. The van der Waals surface area contributed by atoms with Crippen LogP contribution in [0.25, 0.3) is 0 Å². The second kappa shape index (κ2) is 5.61. The molecule has 0 amide bonds. The van der Waals surface area contributed by atoms with Crippen LogP contribution in [0.15, 0.2) is 0 Å². The summed E-state index contributed by atoms with van der Waals surface area (Å²) in [5, 5.41) is 9.68. The molecule has 0 radical (unpaired) electrons. The molecule has 0 aliphatic rings. The zero-order valence-electron chi connectivity index (χ0n) is 9.63. The van der Waals surface area contributed by atoms with Gasteiger partial charge in [0.05, 0.1) is 18.8 Å². The van der Waals surface area contributed by atoms with Gasteiger partial charge in [-0.15, -0.1) is 0 Å². The molecule has 0 aromatic rings. The Bertz CT molecular complexity index is 127. The van der Waals surface area contributed by atoms with E-state index in [0.29, 0.717) is 6.61 Å². The van der Waals surface area contributed by atoms with E-state index in [0.717, 1.165) is 12.8 Å². The van der Waals surface area contributed by atoms with Crippen molar-refractivity contribution in [3.63, 3.8) is 0 Å². The molecular weight excluding hydrogens is 164 g/mol. The molecular formula is C11H24O2. The van der Waals surface area contributed by atoms with Crippen LogP contribution in [0.1, 0.15) is 47.5 Å². The highest BCUT2D eigenvalue weighted by molar-refractivity contribution is 4.72. The lowest BCUT2D eigenvalue weighted by molar-refractivity contribution is -0.0467. The maximum atomic E-state index is 9.68. The molecule has 80 valence electrons. The van der Waals surface area contributed by atoms with Gasteiger partial charge in [-0.2, -0.15) is 0 Å². The molecule has 0 fully saturated rings. The fourth-order valence-electron chi connectivity index (χ4n) is 0.995. The second-order valence-electron chi connectivity index (χ2n) is 4.81. The Morgan fingerprint density at radius 3 is 2.23 bits per heavy atom. The lowest BCUT2D eigenvalue weighted by atomic mass is 9.90. The molecule has 0 aromatic heterocycles. The minimum absolute atomic E-state index is 0.0774. The van der Waals surface area contributed by atoms with Crippen LogP contribution in [-0.4, -0.2) is 23.9 Å². The molecule has 1 N–H and O–H groups in total. The number of rotatable bonds is 5. The van der Waals surface area contributed by atoms with Gasteiger partial charge < -0.3 is 9.84 Å². The van der Waals surface area contributed by atoms with E-state index in [1.165, 1.54) is 0 Å². The molecule has 13 heavy (non-hydrogen) atoms. The van der Waals surface area contributed by atoms with Crippen LogP contribution >= 0.6 is 0 Å². The van der Waals surface area contributed by atoms with E-state index in [1.807, 2.05) is 20.8 Å². The van der Waals surface area contributed by atoms with Crippen LogP contribution in [0.4, 0.5) is 0 Å². The predicted octanol–water partition coefficient (Wildman–Crippen LogP) is 2.60. The standard InChI is InChI=1S/C11H24O2/c1-6-7-9(2)13-8-10(12)11(3,4)5/h9-10,12H,6-8H2,1-5H3. The molecule has 0 heterocycles. The summed E-state index contributed by atoms with van der Waals surface area (Å²) in [7, 11) is 0. The monoisotopic (exact) mass is 188 g/mol. The first kappa shape index (κ1) is 12.9. The summed E-state index contributed by atoms with van der Waals surface area (Å²) in [5.74, 6) is 0. The largest absolute Gasteiger partial charge is 0.390 e. The molecule has 2 nitrogen and oxygen atoms in total. The summed E-state index contributed by atoms with van der Waals surface area (Å²) in [4.78, 5) is 0. The van der Waals surface area contributed by atoms with E-state index in [-0.39, 0.29) is 17.6 Å². The number of ether oxygens (including phenoxy) is 1. The van der Waals surface area contributed by atoms with Crippen molar-refractivity contribution in [1.82, 2.24) is 0 Å². The Morgan fingerprint density at radius 1 is 1.31 bits per heavy atom. The van der Waals surface area contributed by atoms with Gasteiger partial charge in [-0.1, -0.05) is 34.1 Å². The average Bonchev–Trinajstić information content (AvgIpc) is 1.99. The van der Waals surface area contributed by atoms with E-state index in [2.05, 4.69) is 13.8 Å². The smallest absolute Gasteiger partial charge is 0.0821 e. The Kier molecular flexibility index (Phi) is 5.57.